The number of amides is 1. The zero-order chi connectivity index (χ0) is 16.2. The van der Waals surface area contributed by atoms with Gasteiger partial charge in [0.25, 0.3) is 0 Å². The molecule has 22 heavy (non-hydrogen) atoms. The molecule has 0 unspecified atom stereocenters. The van der Waals surface area contributed by atoms with Crippen molar-refractivity contribution in [3.8, 4) is 0 Å². The molecule has 1 atom stereocenters. The number of hydrogen-bond donors (Lipinski definition) is 1. The lowest BCUT2D eigenvalue weighted by molar-refractivity contribution is -0.121. The summed E-state index contributed by atoms with van der Waals surface area (Å²) in [7, 11) is 0. The number of aromatic nitrogens is 1. The lowest BCUT2D eigenvalue weighted by atomic mass is 9.78. The van der Waals surface area contributed by atoms with Gasteiger partial charge in [-0.1, -0.05) is 50.2 Å². The van der Waals surface area contributed by atoms with Gasteiger partial charge in [-0.3, -0.25) is 9.78 Å². The number of nitrogens with zero attached hydrogens (tertiary/aromatic N) is 1. The van der Waals surface area contributed by atoms with Crippen molar-refractivity contribution in [2.24, 2.45) is 0 Å². The van der Waals surface area contributed by atoms with Crippen LogP contribution in [0.15, 0.2) is 48.7 Å². The minimum Gasteiger partial charge on any atom is -0.352 e. The Balaban J connectivity index is 2.00. The van der Waals surface area contributed by atoms with Gasteiger partial charge in [-0.2, -0.15) is 0 Å². The molecule has 0 aliphatic carbocycles. The summed E-state index contributed by atoms with van der Waals surface area (Å²) in [5, 5.41) is 3.12. The molecule has 2 aromatic rings. The molecule has 2 rings (SSSR count). The Morgan fingerprint density at radius 3 is 2.45 bits per heavy atom. The van der Waals surface area contributed by atoms with Crippen molar-refractivity contribution in [2.75, 3.05) is 0 Å². The Hall–Kier alpha value is -2.16. The van der Waals surface area contributed by atoms with E-state index < -0.39 is 0 Å². The van der Waals surface area contributed by atoms with Gasteiger partial charge in [0.15, 0.2) is 0 Å². The van der Waals surface area contributed by atoms with Crippen LogP contribution in [0.5, 0.6) is 0 Å². The average Bonchev–Trinajstić information content (AvgIpc) is 2.50. The van der Waals surface area contributed by atoms with Gasteiger partial charge in [0.05, 0.1) is 6.42 Å². The van der Waals surface area contributed by atoms with Crippen LogP contribution >= 0.6 is 0 Å². The molecule has 0 saturated carbocycles. The highest BCUT2D eigenvalue weighted by Gasteiger charge is 2.28. The second kappa shape index (κ2) is 6.73. The molecule has 0 fully saturated rings. The van der Waals surface area contributed by atoms with E-state index in [1.54, 1.807) is 6.20 Å². The Labute approximate surface area is 132 Å². The van der Waals surface area contributed by atoms with Gasteiger partial charge in [0.1, 0.15) is 0 Å². The van der Waals surface area contributed by atoms with Gasteiger partial charge in [0.2, 0.25) is 5.91 Å². The van der Waals surface area contributed by atoms with Crippen molar-refractivity contribution < 1.29 is 4.79 Å². The third kappa shape index (κ3) is 3.94. The molecular formula is C19H24N2O. The zero-order valence-corrected chi connectivity index (χ0v) is 13.8. The van der Waals surface area contributed by atoms with Crippen molar-refractivity contribution in [2.45, 2.75) is 45.6 Å². The molecule has 0 saturated heterocycles. The summed E-state index contributed by atoms with van der Waals surface area (Å²) in [6.07, 6.45) is 2.13. The third-order valence-electron chi connectivity index (χ3n) is 4.32. The summed E-state index contributed by atoms with van der Waals surface area (Å²) in [4.78, 5) is 16.5. The molecule has 1 aromatic carbocycles. The molecule has 0 aliphatic heterocycles. The van der Waals surface area contributed by atoms with E-state index in [2.05, 4.69) is 43.2 Å². The SMILES string of the molecule is Cc1ccc(CC(=O)N[C@H](C)C(C)(C)c2ccccc2)cn1. The largest absolute Gasteiger partial charge is 0.352 e. The summed E-state index contributed by atoms with van der Waals surface area (Å²) in [5.74, 6) is 0.0298. The Bertz CT molecular complexity index is 618. The number of pyridine rings is 1. The standard InChI is InChI=1S/C19H24N2O/c1-14-10-11-16(13-20-14)12-18(22)21-15(2)19(3,4)17-8-6-5-7-9-17/h5-11,13,15H,12H2,1-4H3,(H,21,22)/t15-/m1/s1. The molecule has 3 nitrogen and oxygen atoms in total. The number of carbonyl (C=O) groups excluding carboxylic acids is 1. The van der Waals surface area contributed by atoms with E-state index in [0.29, 0.717) is 6.42 Å². The summed E-state index contributed by atoms with van der Waals surface area (Å²) in [6, 6.07) is 14.2. The van der Waals surface area contributed by atoms with Crippen molar-refractivity contribution in [1.82, 2.24) is 10.3 Å². The number of aryl methyl sites for hydroxylation is 1. The topological polar surface area (TPSA) is 42.0 Å². The molecule has 0 aliphatic rings. The molecule has 0 bridgehead atoms. The molecule has 1 amide bonds. The lowest BCUT2D eigenvalue weighted by Crippen LogP contribution is -2.46. The van der Waals surface area contributed by atoms with Gasteiger partial charge in [-0.05, 0) is 31.0 Å². The van der Waals surface area contributed by atoms with Gasteiger partial charge >= 0.3 is 0 Å². The average molecular weight is 296 g/mol. The predicted molar refractivity (Wildman–Crippen MR) is 89.8 cm³/mol. The minimum absolute atomic E-state index is 0.0298. The molecule has 1 N–H and O–H groups in total. The van der Waals surface area contributed by atoms with Crippen molar-refractivity contribution in [3.63, 3.8) is 0 Å². The monoisotopic (exact) mass is 296 g/mol. The van der Waals surface area contributed by atoms with Gasteiger partial charge < -0.3 is 5.32 Å². The van der Waals surface area contributed by atoms with Gasteiger partial charge in [-0.15, -0.1) is 0 Å². The first-order chi connectivity index (χ1) is 10.4. The lowest BCUT2D eigenvalue weighted by Gasteiger charge is -2.33. The van der Waals surface area contributed by atoms with Gasteiger partial charge in [0, 0.05) is 23.3 Å². The van der Waals surface area contributed by atoms with Crippen molar-refractivity contribution in [1.29, 1.82) is 0 Å². The van der Waals surface area contributed by atoms with E-state index in [1.165, 1.54) is 5.56 Å². The van der Waals surface area contributed by atoms with Crippen LogP contribution in [0.2, 0.25) is 0 Å². The van der Waals surface area contributed by atoms with E-state index in [-0.39, 0.29) is 17.4 Å². The number of carbonyl (C=O) groups is 1. The molecule has 1 aromatic heterocycles. The second-order valence-electron chi connectivity index (χ2n) is 6.36. The highest BCUT2D eigenvalue weighted by Crippen LogP contribution is 2.26. The molecular weight excluding hydrogens is 272 g/mol. The molecule has 3 heteroatoms. The summed E-state index contributed by atoms with van der Waals surface area (Å²) < 4.78 is 0. The highest BCUT2D eigenvalue weighted by molar-refractivity contribution is 5.78. The Kier molecular flexibility index (Phi) is 4.96. The Morgan fingerprint density at radius 1 is 1.18 bits per heavy atom. The number of benzene rings is 1. The smallest absolute Gasteiger partial charge is 0.224 e. The van der Waals surface area contributed by atoms with E-state index in [9.17, 15) is 4.79 Å². The molecule has 116 valence electrons. The quantitative estimate of drug-likeness (QED) is 0.918. The third-order valence-corrected chi connectivity index (χ3v) is 4.32. The van der Waals surface area contributed by atoms with E-state index >= 15 is 0 Å². The van der Waals surface area contributed by atoms with Crippen LogP contribution in [-0.4, -0.2) is 16.9 Å². The normalized spacial score (nSPS) is 12.7. The fraction of sp³-hybridized carbons (Fsp3) is 0.368. The maximum Gasteiger partial charge on any atom is 0.224 e. The molecule has 0 spiro atoms. The van der Waals surface area contributed by atoms with Crippen molar-refractivity contribution in [3.05, 3.63) is 65.5 Å². The minimum atomic E-state index is -0.123. The fourth-order valence-corrected chi connectivity index (χ4v) is 2.38. The molecule has 1 heterocycles. The van der Waals surface area contributed by atoms with Crippen LogP contribution < -0.4 is 5.32 Å². The summed E-state index contributed by atoms with van der Waals surface area (Å²) in [6.45, 7) is 8.30. The summed E-state index contributed by atoms with van der Waals surface area (Å²) >= 11 is 0. The van der Waals surface area contributed by atoms with Crippen LogP contribution in [0, 0.1) is 6.92 Å². The van der Waals surface area contributed by atoms with Crippen LogP contribution in [-0.2, 0) is 16.6 Å². The van der Waals surface area contributed by atoms with E-state index in [0.717, 1.165) is 11.3 Å². The van der Waals surface area contributed by atoms with Crippen LogP contribution in [0.3, 0.4) is 0 Å². The van der Waals surface area contributed by atoms with Crippen molar-refractivity contribution >= 4 is 5.91 Å². The predicted octanol–water partition coefficient (Wildman–Crippen LogP) is 3.42. The first kappa shape index (κ1) is 16.2. The van der Waals surface area contributed by atoms with Crippen LogP contribution in [0.4, 0.5) is 0 Å². The maximum atomic E-state index is 12.2. The van der Waals surface area contributed by atoms with Crippen LogP contribution in [0.25, 0.3) is 0 Å². The first-order valence-electron chi connectivity index (χ1n) is 7.66. The maximum absolute atomic E-state index is 12.2. The van der Waals surface area contributed by atoms with E-state index in [4.69, 9.17) is 0 Å². The number of hydrogen-bond acceptors (Lipinski definition) is 2. The van der Waals surface area contributed by atoms with E-state index in [1.807, 2.05) is 37.3 Å². The second-order valence-corrected chi connectivity index (χ2v) is 6.36. The number of rotatable bonds is 5. The van der Waals surface area contributed by atoms with Crippen LogP contribution in [0.1, 0.15) is 37.6 Å². The summed E-state index contributed by atoms with van der Waals surface area (Å²) in [5.41, 5.74) is 3.00. The first-order valence-corrected chi connectivity index (χ1v) is 7.66. The Morgan fingerprint density at radius 2 is 1.86 bits per heavy atom. The molecule has 0 radical (unpaired) electrons. The number of nitrogens with one attached hydrogen (secondary N) is 1. The zero-order valence-electron chi connectivity index (χ0n) is 13.8. The highest BCUT2D eigenvalue weighted by atomic mass is 16.1. The van der Waals surface area contributed by atoms with Gasteiger partial charge in [-0.25, -0.2) is 0 Å². The fourth-order valence-electron chi connectivity index (χ4n) is 2.38.